The Hall–Kier alpha value is -0.220. The Balaban J connectivity index is 1.65. The van der Waals surface area contributed by atoms with E-state index in [1.807, 2.05) is 11.8 Å². The molecule has 2 N–H and O–H groups in total. The molecule has 2 rings (SSSR count). The number of amides is 1. The predicted octanol–water partition coefficient (Wildman–Crippen LogP) is 1.39. The number of carbonyl (C=O) groups is 1. The molecule has 4 heteroatoms. The quantitative estimate of drug-likeness (QED) is 0.786. The summed E-state index contributed by atoms with van der Waals surface area (Å²) in [7, 11) is 0. The second-order valence-corrected chi connectivity index (χ2v) is 6.19. The highest BCUT2D eigenvalue weighted by atomic mass is 32.2. The second-order valence-electron chi connectivity index (χ2n) is 4.78. The van der Waals surface area contributed by atoms with Gasteiger partial charge in [-0.05, 0) is 38.0 Å². The fourth-order valence-corrected chi connectivity index (χ4v) is 3.64. The van der Waals surface area contributed by atoms with E-state index in [4.69, 9.17) is 0 Å². The van der Waals surface area contributed by atoms with Gasteiger partial charge in [0.15, 0.2) is 0 Å². The highest BCUT2D eigenvalue weighted by Gasteiger charge is 2.22. The van der Waals surface area contributed by atoms with Crippen LogP contribution in [0.4, 0.5) is 0 Å². The van der Waals surface area contributed by atoms with Gasteiger partial charge in [-0.15, -0.1) is 0 Å². The van der Waals surface area contributed by atoms with Crippen molar-refractivity contribution in [2.24, 2.45) is 5.92 Å². The molecule has 2 fully saturated rings. The maximum atomic E-state index is 11.9. The van der Waals surface area contributed by atoms with Crippen LogP contribution < -0.4 is 10.6 Å². The van der Waals surface area contributed by atoms with Gasteiger partial charge in [0, 0.05) is 18.3 Å². The first kappa shape index (κ1) is 12.2. The Morgan fingerprint density at radius 3 is 2.94 bits per heavy atom. The maximum Gasteiger partial charge on any atom is 0.224 e. The Bertz CT molecular complexity index is 223. The highest BCUT2D eigenvalue weighted by molar-refractivity contribution is 7.99. The van der Waals surface area contributed by atoms with Crippen LogP contribution in [0.3, 0.4) is 0 Å². The topological polar surface area (TPSA) is 41.1 Å². The van der Waals surface area contributed by atoms with Gasteiger partial charge in [0.25, 0.3) is 0 Å². The molecule has 0 radical (unpaired) electrons. The van der Waals surface area contributed by atoms with Crippen molar-refractivity contribution in [3.05, 3.63) is 0 Å². The summed E-state index contributed by atoms with van der Waals surface area (Å²) in [5.74, 6) is 1.74. The summed E-state index contributed by atoms with van der Waals surface area (Å²) < 4.78 is 0. The van der Waals surface area contributed by atoms with Gasteiger partial charge in [0.1, 0.15) is 0 Å². The highest BCUT2D eigenvalue weighted by Crippen LogP contribution is 2.24. The van der Waals surface area contributed by atoms with E-state index in [1.165, 1.54) is 25.0 Å². The van der Waals surface area contributed by atoms with Gasteiger partial charge in [-0.1, -0.05) is 6.42 Å². The maximum absolute atomic E-state index is 11.9. The lowest BCUT2D eigenvalue weighted by Crippen LogP contribution is -2.42. The van der Waals surface area contributed by atoms with Crippen molar-refractivity contribution >= 4 is 17.7 Å². The minimum atomic E-state index is 0.211. The molecule has 2 aliphatic heterocycles. The molecule has 0 aromatic carbocycles. The Morgan fingerprint density at radius 1 is 1.31 bits per heavy atom. The molecule has 0 saturated carbocycles. The monoisotopic (exact) mass is 242 g/mol. The lowest BCUT2D eigenvalue weighted by atomic mass is 9.99. The second kappa shape index (κ2) is 6.50. The number of carbonyl (C=O) groups excluding carboxylic acids is 1. The first-order valence-electron chi connectivity index (χ1n) is 6.46. The number of thioether (sulfide) groups is 1. The minimum Gasteiger partial charge on any atom is -0.355 e. The van der Waals surface area contributed by atoms with Crippen molar-refractivity contribution in [2.45, 2.75) is 37.4 Å². The minimum absolute atomic E-state index is 0.211. The van der Waals surface area contributed by atoms with E-state index in [9.17, 15) is 4.79 Å². The standard InChI is InChI=1S/C12H22N2OS/c15-12(10-4-3-6-13-8-10)14-9-11-5-1-2-7-16-11/h10-11,13H,1-9H2,(H,14,15). The van der Waals surface area contributed by atoms with E-state index in [-0.39, 0.29) is 11.8 Å². The van der Waals surface area contributed by atoms with Gasteiger partial charge in [-0.25, -0.2) is 0 Å². The van der Waals surface area contributed by atoms with Gasteiger partial charge in [-0.2, -0.15) is 11.8 Å². The predicted molar refractivity (Wildman–Crippen MR) is 68.7 cm³/mol. The van der Waals surface area contributed by atoms with E-state index < -0.39 is 0 Å². The summed E-state index contributed by atoms with van der Waals surface area (Å²) in [4.78, 5) is 11.9. The van der Waals surface area contributed by atoms with E-state index in [1.54, 1.807) is 0 Å². The third-order valence-corrected chi connectivity index (χ3v) is 4.84. The molecule has 0 aromatic rings. The first-order valence-corrected chi connectivity index (χ1v) is 7.51. The van der Waals surface area contributed by atoms with Crippen LogP contribution in [0.25, 0.3) is 0 Å². The number of hydrogen-bond acceptors (Lipinski definition) is 3. The molecule has 92 valence electrons. The number of nitrogens with one attached hydrogen (secondary N) is 2. The molecule has 2 unspecified atom stereocenters. The zero-order valence-corrected chi connectivity index (χ0v) is 10.7. The molecule has 0 aliphatic carbocycles. The fourth-order valence-electron chi connectivity index (χ4n) is 2.40. The third-order valence-electron chi connectivity index (χ3n) is 3.45. The molecule has 16 heavy (non-hydrogen) atoms. The summed E-state index contributed by atoms with van der Waals surface area (Å²) in [5.41, 5.74) is 0. The average Bonchev–Trinajstić information content (AvgIpc) is 2.38. The number of hydrogen-bond donors (Lipinski definition) is 2. The van der Waals surface area contributed by atoms with Crippen LogP contribution in [0.15, 0.2) is 0 Å². The third kappa shape index (κ3) is 3.67. The van der Waals surface area contributed by atoms with Crippen molar-refractivity contribution in [1.29, 1.82) is 0 Å². The smallest absolute Gasteiger partial charge is 0.224 e. The van der Waals surface area contributed by atoms with Crippen LogP contribution in [0.2, 0.25) is 0 Å². The van der Waals surface area contributed by atoms with E-state index in [0.717, 1.165) is 32.5 Å². The normalized spacial score (nSPS) is 31.0. The van der Waals surface area contributed by atoms with E-state index in [2.05, 4.69) is 10.6 Å². The van der Waals surface area contributed by atoms with E-state index in [0.29, 0.717) is 5.25 Å². The SMILES string of the molecule is O=C(NCC1CCCCS1)C1CCCNC1. The van der Waals surface area contributed by atoms with Crippen LogP contribution >= 0.6 is 11.8 Å². The molecule has 0 aromatic heterocycles. The van der Waals surface area contributed by atoms with Crippen molar-refractivity contribution in [2.75, 3.05) is 25.4 Å². The van der Waals surface area contributed by atoms with Crippen LogP contribution in [0.5, 0.6) is 0 Å². The van der Waals surface area contributed by atoms with Crippen molar-refractivity contribution in [3.8, 4) is 0 Å². The van der Waals surface area contributed by atoms with E-state index >= 15 is 0 Å². The summed E-state index contributed by atoms with van der Waals surface area (Å²) >= 11 is 2.02. The molecule has 2 saturated heterocycles. The lowest BCUT2D eigenvalue weighted by molar-refractivity contribution is -0.125. The molecule has 0 spiro atoms. The van der Waals surface area contributed by atoms with Crippen molar-refractivity contribution in [3.63, 3.8) is 0 Å². The van der Waals surface area contributed by atoms with Gasteiger partial charge >= 0.3 is 0 Å². The molecular weight excluding hydrogens is 220 g/mol. The van der Waals surface area contributed by atoms with Crippen LogP contribution in [0.1, 0.15) is 32.1 Å². The Labute approximate surface area is 102 Å². The Morgan fingerprint density at radius 2 is 2.25 bits per heavy atom. The summed E-state index contributed by atoms with van der Waals surface area (Å²) in [6.45, 7) is 2.81. The fraction of sp³-hybridized carbons (Fsp3) is 0.917. The van der Waals surface area contributed by atoms with Crippen molar-refractivity contribution in [1.82, 2.24) is 10.6 Å². The lowest BCUT2D eigenvalue weighted by Gasteiger charge is -2.25. The van der Waals surface area contributed by atoms with Crippen molar-refractivity contribution < 1.29 is 4.79 Å². The summed E-state index contributed by atoms with van der Waals surface area (Å²) in [6, 6.07) is 0. The van der Waals surface area contributed by atoms with Crippen LogP contribution in [0, 0.1) is 5.92 Å². The molecule has 2 heterocycles. The number of rotatable bonds is 3. The molecule has 3 nitrogen and oxygen atoms in total. The molecule has 2 atom stereocenters. The molecular formula is C12H22N2OS. The van der Waals surface area contributed by atoms with Gasteiger partial charge in [-0.3, -0.25) is 4.79 Å². The van der Waals surface area contributed by atoms with Gasteiger partial charge in [0.2, 0.25) is 5.91 Å². The zero-order chi connectivity index (χ0) is 11.2. The number of piperidine rings is 1. The summed E-state index contributed by atoms with van der Waals surface area (Å²) in [6.07, 6.45) is 6.14. The first-order chi connectivity index (χ1) is 7.86. The van der Waals surface area contributed by atoms with Gasteiger partial charge < -0.3 is 10.6 Å². The van der Waals surface area contributed by atoms with Crippen LogP contribution in [-0.4, -0.2) is 36.5 Å². The largest absolute Gasteiger partial charge is 0.355 e. The molecule has 2 aliphatic rings. The summed E-state index contributed by atoms with van der Waals surface area (Å²) in [5, 5.41) is 7.07. The van der Waals surface area contributed by atoms with Gasteiger partial charge in [0.05, 0.1) is 5.92 Å². The molecule has 1 amide bonds. The molecule has 0 bridgehead atoms. The van der Waals surface area contributed by atoms with Crippen LogP contribution in [-0.2, 0) is 4.79 Å². The average molecular weight is 242 g/mol. The Kier molecular flexibility index (Phi) is 4.97. The zero-order valence-electron chi connectivity index (χ0n) is 9.84.